The van der Waals surface area contributed by atoms with E-state index in [2.05, 4.69) is 19.8 Å². The van der Waals surface area contributed by atoms with E-state index < -0.39 is 23.0 Å². The molecule has 7 nitrogen and oxygen atoms in total. The molecule has 3 aromatic rings. The van der Waals surface area contributed by atoms with Crippen molar-refractivity contribution < 1.29 is 13.2 Å². The van der Waals surface area contributed by atoms with E-state index in [-0.39, 0.29) is 29.4 Å². The lowest BCUT2D eigenvalue weighted by Gasteiger charge is -2.35. The molecule has 2 atom stereocenters. The number of nitrogens with two attached hydrogens (primary N) is 1. The maximum Gasteiger partial charge on any atom is 0.225 e. The molecule has 1 aromatic carbocycles. The van der Waals surface area contributed by atoms with Crippen LogP contribution in [0.15, 0.2) is 47.7 Å². The first kappa shape index (κ1) is 23.8. The van der Waals surface area contributed by atoms with E-state index in [4.69, 9.17) is 17.3 Å². The van der Waals surface area contributed by atoms with Gasteiger partial charge in [0.05, 0.1) is 30.7 Å². The predicted octanol–water partition coefficient (Wildman–Crippen LogP) is 4.87. The number of anilines is 1. The van der Waals surface area contributed by atoms with Crippen LogP contribution in [0, 0.1) is 31.0 Å². The Bertz CT molecular complexity index is 1430. The third-order valence-electron chi connectivity index (χ3n) is 6.35. The van der Waals surface area contributed by atoms with E-state index in [9.17, 15) is 8.78 Å². The first-order valence-electron chi connectivity index (χ1n) is 11.0. The molecule has 11 heteroatoms. The van der Waals surface area contributed by atoms with Gasteiger partial charge in [0.2, 0.25) is 11.6 Å². The largest absolute Gasteiger partial charge is 0.379 e. The van der Waals surface area contributed by atoms with Gasteiger partial charge in [0.15, 0.2) is 11.0 Å². The molecule has 2 N–H and O–H groups in total. The summed E-state index contributed by atoms with van der Waals surface area (Å²) < 4.78 is 44.0. The minimum atomic E-state index is -1.04. The van der Waals surface area contributed by atoms with E-state index in [1.165, 1.54) is 48.3 Å². The number of rotatable bonds is 4. The predicted molar refractivity (Wildman–Crippen MR) is 134 cm³/mol. The van der Waals surface area contributed by atoms with Gasteiger partial charge in [0.1, 0.15) is 17.2 Å². The third kappa shape index (κ3) is 4.28. The van der Waals surface area contributed by atoms with Gasteiger partial charge in [-0.1, -0.05) is 23.9 Å². The van der Waals surface area contributed by atoms with Crippen molar-refractivity contribution in [2.45, 2.75) is 12.5 Å². The van der Waals surface area contributed by atoms with Crippen LogP contribution in [0.5, 0.6) is 0 Å². The van der Waals surface area contributed by atoms with E-state index in [1.54, 1.807) is 13.0 Å². The summed E-state index contributed by atoms with van der Waals surface area (Å²) >= 11 is 1.39. The normalized spacial score (nSPS) is 21.6. The number of fused-ring (bicyclic) bond motifs is 1. The van der Waals surface area contributed by atoms with Crippen molar-refractivity contribution in [2.24, 2.45) is 16.6 Å². The standard InChI is InChI=1S/C25H20F3N7S/c1-14-21(28)10-32-24(33-14)35-11-16-12-36-23(29)34-25(16,13-35)18-7-15(3-5-19(18)26)8-20(27)22-6-4-17(30-2)9-31-22/h3-10,16H,11-13H2,1H3,(H2,29,34)/b20-8-/t16-,25-/m0/s1. The lowest BCUT2D eigenvalue weighted by Crippen LogP contribution is -2.40. The molecule has 2 aliphatic rings. The van der Waals surface area contributed by atoms with Gasteiger partial charge in [-0.05, 0) is 36.8 Å². The van der Waals surface area contributed by atoms with Crippen LogP contribution in [0.4, 0.5) is 24.8 Å². The number of pyridine rings is 1. The summed E-state index contributed by atoms with van der Waals surface area (Å²) in [6.45, 7) is 9.25. The Hall–Kier alpha value is -3.91. The number of thioether (sulfide) groups is 1. The van der Waals surface area contributed by atoms with Crippen LogP contribution in [-0.4, -0.2) is 39.0 Å². The molecular formula is C25H20F3N7S. The van der Waals surface area contributed by atoms with E-state index in [0.29, 0.717) is 34.7 Å². The molecule has 182 valence electrons. The summed E-state index contributed by atoms with van der Waals surface area (Å²) in [6, 6.07) is 7.22. The number of nitrogens with zero attached hydrogens (tertiary/aromatic N) is 6. The number of aromatic nitrogens is 3. The molecule has 1 saturated heterocycles. The summed E-state index contributed by atoms with van der Waals surface area (Å²) in [6.07, 6.45) is 3.67. The maximum absolute atomic E-state index is 15.3. The van der Waals surface area contributed by atoms with Crippen molar-refractivity contribution in [3.63, 3.8) is 0 Å². The number of hydrogen-bond donors (Lipinski definition) is 1. The van der Waals surface area contributed by atoms with Crippen molar-refractivity contribution in [3.8, 4) is 0 Å². The molecule has 0 saturated carbocycles. The second-order valence-corrected chi connectivity index (χ2v) is 9.65. The zero-order valence-electron chi connectivity index (χ0n) is 19.1. The number of aryl methyl sites for hydroxylation is 1. The van der Waals surface area contributed by atoms with Gasteiger partial charge in [-0.3, -0.25) is 4.98 Å². The van der Waals surface area contributed by atoms with Gasteiger partial charge < -0.3 is 10.6 Å². The Labute approximate surface area is 209 Å². The Balaban J connectivity index is 1.54. The van der Waals surface area contributed by atoms with Gasteiger partial charge in [0.25, 0.3) is 0 Å². The van der Waals surface area contributed by atoms with Crippen LogP contribution >= 0.6 is 11.8 Å². The fraction of sp³-hybridized carbons (Fsp3) is 0.240. The molecule has 0 amide bonds. The minimum Gasteiger partial charge on any atom is -0.379 e. The maximum atomic E-state index is 15.3. The Morgan fingerprint density at radius 1 is 1.22 bits per heavy atom. The van der Waals surface area contributed by atoms with Crippen LogP contribution in [0.3, 0.4) is 0 Å². The highest BCUT2D eigenvalue weighted by atomic mass is 32.2. The van der Waals surface area contributed by atoms with Crippen molar-refractivity contribution in [1.29, 1.82) is 0 Å². The average Bonchev–Trinajstić information content (AvgIpc) is 3.26. The van der Waals surface area contributed by atoms with E-state index in [0.717, 1.165) is 6.20 Å². The number of benzene rings is 1. The summed E-state index contributed by atoms with van der Waals surface area (Å²) in [5.74, 6) is -0.823. The fourth-order valence-electron chi connectivity index (χ4n) is 4.52. The summed E-state index contributed by atoms with van der Waals surface area (Å²) in [5.41, 5.74) is 6.35. The van der Waals surface area contributed by atoms with Gasteiger partial charge in [-0.15, -0.1) is 0 Å². The minimum absolute atomic E-state index is 0.0662. The lowest BCUT2D eigenvalue weighted by atomic mass is 9.81. The van der Waals surface area contributed by atoms with Crippen LogP contribution in [0.2, 0.25) is 0 Å². The zero-order chi connectivity index (χ0) is 25.4. The molecule has 0 bridgehead atoms. The molecule has 2 aliphatic heterocycles. The van der Waals surface area contributed by atoms with Gasteiger partial charge in [0, 0.05) is 30.0 Å². The van der Waals surface area contributed by atoms with Gasteiger partial charge in [-0.25, -0.2) is 33.0 Å². The average molecular weight is 508 g/mol. The SMILES string of the molecule is [C-]#[N+]c1ccc(/C(F)=C/c2ccc(F)c([C@]34CN(c5ncc(F)c(C)n5)C[C@H]3CSC(N)=N4)c2)nc1. The number of amidine groups is 1. The molecular weight excluding hydrogens is 487 g/mol. The van der Waals surface area contributed by atoms with Crippen LogP contribution in [0.25, 0.3) is 16.7 Å². The fourth-order valence-corrected chi connectivity index (χ4v) is 5.50. The Morgan fingerprint density at radius 2 is 2.06 bits per heavy atom. The van der Waals surface area contributed by atoms with Crippen LogP contribution in [-0.2, 0) is 5.54 Å². The van der Waals surface area contributed by atoms with Crippen molar-refractivity contribution in [2.75, 3.05) is 23.7 Å². The second kappa shape index (κ2) is 9.28. The van der Waals surface area contributed by atoms with Gasteiger partial charge in [-0.2, -0.15) is 0 Å². The van der Waals surface area contributed by atoms with E-state index in [1.807, 2.05) is 4.90 Å². The van der Waals surface area contributed by atoms with E-state index >= 15 is 4.39 Å². The van der Waals surface area contributed by atoms with Crippen LogP contribution < -0.4 is 10.6 Å². The molecule has 0 radical (unpaired) electrons. The molecule has 2 aromatic heterocycles. The Kier molecular flexibility index (Phi) is 6.14. The molecule has 0 spiro atoms. The summed E-state index contributed by atoms with van der Waals surface area (Å²) in [4.78, 5) is 22.2. The third-order valence-corrected chi connectivity index (χ3v) is 7.31. The molecule has 36 heavy (non-hydrogen) atoms. The molecule has 0 aliphatic carbocycles. The summed E-state index contributed by atoms with van der Waals surface area (Å²) in [7, 11) is 0. The highest BCUT2D eigenvalue weighted by Gasteiger charge is 2.52. The highest BCUT2D eigenvalue weighted by molar-refractivity contribution is 8.13. The van der Waals surface area contributed by atoms with Crippen molar-refractivity contribution in [3.05, 3.63) is 88.3 Å². The number of halogens is 3. The van der Waals surface area contributed by atoms with Crippen molar-refractivity contribution in [1.82, 2.24) is 15.0 Å². The lowest BCUT2D eigenvalue weighted by molar-refractivity contribution is 0.370. The highest BCUT2D eigenvalue weighted by Crippen LogP contribution is 2.47. The zero-order valence-corrected chi connectivity index (χ0v) is 19.9. The first-order chi connectivity index (χ1) is 17.3. The smallest absolute Gasteiger partial charge is 0.225 e. The molecule has 0 unspecified atom stereocenters. The molecule has 1 fully saturated rings. The van der Waals surface area contributed by atoms with Gasteiger partial charge >= 0.3 is 0 Å². The van der Waals surface area contributed by atoms with Crippen LogP contribution in [0.1, 0.15) is 22.5 Å². The number of hydrogen-bond acceptors (Lipinski definition) is 7. The number of aliphatic imine (C=N–C) groups is 1. The Morgan fingerprint density at radius 3 is 2.78 bits per heavy atom. The topological polar surface area (TPSA) is 84.7 Å². The molecule has 4 heterocycles. The quantitative estimate of drug-likeness (QED) is 0.508. The first-order valence-corrected chi connectivity index (χ1v) is 12.0. The monoisotopic (exact) mass is 507 g/mol. The molecule has 5 rings (SSSR count). The second-order valence-electron chi connectivity index (χ2n) is 8.61. The van der Waals surface area contributed by atoms with Crippen molar-refractivity contribution >= 4 is 40.5 Å². The summed E-state index contributed by atoms with van der Waals surface area (Å²) in [5, 5.41) is 0.333.